The lowest BCUT2D eigenvalue weighted by Crippen LogP contribution is -2.47. The van der Waals surface area contributed by atoms with Crippen molar-refractivity contribution in [2.45, 2.75) is 90.7 Å². The maximum Gasteiger partial charge on any atom is 0.389 e. The number of fused-ring (bicyclic) bond motifs is 3. The molecule has 0 aromatic heterocycles. The lowest BCUT2D eigenvalue weighted by Gasteiger charge is -2.55. The molecule has 3 rings (SSSR count). The lowest BCUT2D eigenvalue weighted by atomic mass is 9.50. The smallest absolute Gasteiger partial charge is 0.389 e. The van der Waals surface area contributed by atoms with E-state index in [1.54, 1.807) is 0 Å². The zero-order chi connectivity index (χ0) is 18.9. The molecule has 1 nitrogen and oxygen atoms in total. The Morgan fingerprint density at radius 3 is 2.42 bits per heavy atom. The van der Waals surface area contributed by atoms with Gasteiger partial charge in [-0.15, -0.1) is 0 Å². The number of alkyl halides is 3. The molecule has 1 N–H and O–H groups in total. The Hall–Kier alpha value is -0.250. The Morgan fingerprint density at radius 1 is 1.00 bits per heavy atom. The van der Waals surface area contributed by atoms with Crippen molar-refractivity contribution in [1.82, 2.24) is 0 Å². The van der Waals surface area contributed by atoms with Crippen LogP contribution in [0.1, 0.15) is 84.5 Å². The fourth-order valence-electron chi connectivity index (χ4n) is 7.49. The van der Waals surface area contributed by atoms with Crippen LogP contribution in [0.4, 0.5) is 13.2 Å². The highest BCUT2D eigenvalue weighted by Gasteiger charge is 2.56. The maximum absolute atomic E-state index is 13.1. The van der Waals surface area contributed by atoms with Crippen molar-refractivity contribution in [2.24, 2.45) is 40.9 Å². The summed E-state index contributed by atoms with van der Waals surface area (Å²) in [5.74, 6) is 2.71. The summed E-state index contributed by atoms with van der Waals surface area (Å²) in [5.41, 5.74) is 0.365. The molecule has 26 heavy (non-hydrogen) atoms. The first-order chi connectivity index (χ1) is 12.3. The van der Waals surface area contributed by atoms with Gasteiger partial charge in [-0.2, -0.15) is 13.2 Å². The van der Waals surface area contributed by atoms with Crippen LogP contribution in [0.15, 0.2) is 0 Å². The fourth-order valence-corrected chi connectivity index (χ4v) is 7.49. The van der Waals surface area contributed by atoms with Crippen LogP contribution in [-0.4, -0.2) is 17.9 Å². The van der Waals surface area contributed by atoms with Crippen LogP contribution >= 0.6 is 0 Å². The van der Waals surface area contributed by atoms with E-state index in [2.05, 4.69) is 13.8 Å². The Balaban J connectivity index is 1.75. The summed E-state index contributed by atoms with van der Waals surface area (Å²) in [4.78, 5) is 0. The Morgan fingerprint density at radius 2 is 1.77 bits per heavy atom. The van der Waals surface area contributed by atoms with E-state index in [-0.39, 0.29) is 18.4 Å². The van der Waals surface area contributed by atoms with Gasteiger partial charge in [0.1, 0.15) is 0 Å². The second-order valence-electron chi connectivity index (χ2n) is 9.73. The first kappa shape index (κ1) is 20.5. The molecule has 4 heteroatoms. The van der Waals surface area contributed by atoms with Crippen LogP contribution in [0.2, 0.25) is 0 Å². The minimum atomic E-state index is -4.02. The largest absolute Gasteiger partial charge is 0.396 e. The third kappa shape index (κ3) is 3.95. The second kappa shape index (κ2) is 8.01. The molecule has 0 aromatic rings. The number of aliphatic hydroxyl groups excluding tert-OH is 1. The Labute approximate surface area is 157 Å². The first-order valence-corrected chi connectivity index (χ1v) is 11.0. The van der Waals surface area contributed by atoms with Crippen molar-refractivity contribution in [2.75, 3.05) is 6.61 Å². The summed E-state index contributed by atoms with van der Waals surface area (Å²) in [6.45, 7) is 4.86. The topological polar surface area (TPSA) is 20.2 Å². The fraction of sp³-hybridized carbons (Fsp3) is 1.00. The SMILES string of the molecule is CCCC1C(CC(F)(F)F)CCC2C1CCC1(C)C(CCCO)CCC21. The van der Waals surface area contributed by atoms with Crippen LogP contribution in [0.3, 0.4) is 0 Å². The van der Waals surface area contributed by atoms with Gasteiger partial charge in [-0.1, -0.05) is 26.7 Å². The van der Waals surface area contributed by atoms with Gasteiger partial charge < -0.3 is 5.11 Å². The molecule has 0 aliphatic heterocycles. The first-order valence-electron chi connectivity index (χ1n) is 11.0. The lowest BCUT2D eigenvalue weighted by molar-refractivity contribution is -0.161. The second-order valence-corrected chi connectivity index (χ2v) is 9.73. The molecular weight excluding hydrogens is 337 g/mol. The van der Waals surface area contributed by atoms with Crippen molar-refractivity contribution in [1.29, 1.82) is 0 Å². The molecule has 3 aliphatic carbocycles. The number of halogens is 3. The van der Waals surface area contributed by atoms with Gasteiger partial charge in [0.2, 0.25) is 0 Å². The van der Waals surface area contributed by atoms with Crippen molar-refractivity contribution in [3.8, 4) is 0 Å². The minimum absolute atomic E-state index is 0.146. The van der Waals surface area contributed by atoms with Gasteiger partial charge in [-0.25, -0.2) is 0 Å². The molecular formula is C22H37F3O. The van der Waals surface area contributed by atoms with Crippen molar-refractivity contribution in [3.05, 3.63) is 0 Å². The van der Waals surface area contributed by atoms with E-state index in [4.69, 9.17) is 0 Å². The number of rotatable bonds is 6. The molecule has 3 saturated carbocycles. The number of aliphatic hydroxyl groups is 1. The summed E-state index contributed by atoms with van der Waals surface area (Å²) >= 11 is 0. The van der Waals surface area contributed by atoms with Gasteiger partial charge in [0.15, 0.2) is 0 Å². The van der Waals surface area contributed by atoms with Gasteiger partial charge in [0.05, 0.1) is 0 Å². The third-order valence-electron chi connectivity index (χ3n) is 8.54. The molecule has 0 heterocycles. The standard InChI is InChI=1S/C22H37F3O/c1-3-5-17-15(14-22(23,24)25)7-9-19-18(17)11-12-21(2)16(6-4-13-26)8-10-20(19)21/h15-20,26H,3-14H2,1-2H3. The molecule has 7 atom stereocenters. The average molecular weight is 375 g/mol. The van der Waals surface area contributed by atoms with E-state index < -0.39 is 12.6 Å². The monoisotopic (exact) mass is 374 g/mol. The molecule has 0 aromatic carbocycles. The van der Waals surface area contributed by atoms with E-state index in [0.29, 0.717) is 29.1 Å². The Kier molecular flexibility index (Phi) is 6.31. The third-order valence-corrected chi connectivity index (χ3v) is 8.54. The highest BCUT2D eigenvalue weighted by atomic mass is 19.4. The van der Waals surface area contributed by atoms with E-state index in [1.807, 2.05) is 0 Å². The zero-order valence-electron chi connectivity index (χ0n) is 16.5. The van der Waals surface area contributed by atoms with Gasteiger partial charge >= 0.3 is 6.18 Å². The summed E-state index contributed by atoms with van der Waals surface area (Å²) < 4.78 is 39.3. The zero-order valence-corrected chi connectivity index (χ0v) is 16.5. The predicted molar refractivity (Wildman–Crippen MR) is 98.6 cm³/mol. The molecule has 3 fully saturated rings. The van der Waals surface area contributed by atoms with E-state index in [9.17, 15) is 18.3 Å². The van der Waals surface area contributed by atoms with E-state index in [1.165, 1.54) is 19.3 Å². The average Bonchev–Trinajstić information content (AvgIpc) is 2.90. The molecule has 3 aliphatic rings. The summed E-state index contributed by atoms with van der Waals surface area (Å²) in [6.07, 6.45) is 6.03. The highest BCUT2D eigenvalue weighted by molar-refractivity contribution is 5.05. The molecule has 0 amide bonds. The summed E-state index contributed by atoms with van der Waals surface area (Å²) in [6, 6.07) is 0. The molecule has 0 radical (unpaired) electrons. The quantitative estimate of drug-likeness (QED) is 0.555. The van der Waals surface area contributed by atoms with Gasteiger partial charge in [-0.3, -0.25) is 0 Å². The number of hydrogen-bond acceptors (Lipinski definition) is 1. The summed E-state index contributed by atoms with van der Waals surface area (Å²) in [7, 11) is 0. The van der Waals surface area contributed by atoms with Crippen LogP contribution in [0.5, 0.6) is 0 Å². The number of hydrogen-bond donors (Lipinski definition) is 1. The summed E-state index contributed by atoms with van der Waals surface area (Å²) in [5, 5.41) is 9.22. The molecule has 0 spiro atoms. The predicted octanol–water partition coefficient (Wildman–Crippen LogP) is 6.60. The van der Waals surface area contributed by atoms with Crippen molar-refractivity contribution in [3.63, 3.8) is 0 Å². The normalized spacial score (nSPS) is 43.2. The van der Waals surface area contributed by atoms with Gasteiger partial charge in [0, 0.05) is 13.0 Å². The molecule has 7 unspecified atom stereocenters. The molecule has 0 bridgehead atoms. The van der Waals surface area contributed by atoms with E-state index in [0.717, 1.165) is 44.9 Å². The van der Waals surface area contributed by atoms with Crippen LogP contribution in [-0.2, 0) is 0 Å². The van der Waals surface area contributed by atoms with Gasteiger partial charge in [-0.05, 0) is 92.3 Å². The van der Waals surface area contributed by atoms with Crippen LogP contribution in [0.25, 0.3) is 0 Å². The van der Waals surface area contributed by atoms with Crippen molar-refractivity contribution < 1.29 is 18.3 Å². The molecule has 0 saturated heterocycles. The van der Waals surface area contributed by atoms with Gasteiger partial charge in [0.25, 0.3) is 0 Å². The van der Waals surface area contributed by atoms with E-state index >= 15 is 0 Å². The maximum atomic E-state index is 13.1. The minimum Gasteiger partial charge on any atom is -0.396 e. The molecule has 152 valence electrons. The highest BCUT2D eigenvalue weighted by Crippen LogP contribution is 2.64. The van der Waals surface area contributed by atoms with Crippen LogP contribution < -0.4 is 0 Å². The Bertz CT molecular complexity index is 463. The van der Waals surface area contributed by atoms with Crippen molar-refractivity contribution >= 4 is 0 Å². The van der Waals surface area contributed by atoms with Crippen LogP contribution in [0, 0.1) is 40.9 Å².